The maximum Gasteiger partial charge on any atom is 0 e. The van der Waals surface area contributed by atoms with Crippen LogP contribution in [-0.4, -0.2) is 25.8 Å². The van der Waals surface area contributed by atoms with Crippen LogP contribution in [0.15, 0.2) is 24.3 Å². The van der Waals surface area contributed by atoms with Gasteiger partial charge >= 0.3 is 0 Å². The van der Waals surface area contributed by atoms with Gasteiger partial charge in [0.25, 0.3) is 0 Å². The van der Waals surface area contributed by atoms with Gasteiger partial charge in [-0.2, -0.15) is 0 Å². The number of hydrogen-bond acceptors (Lipinski definition) is 0. The van der Waals surface area contributed by atoms with Crippen LogP contribution < -0.4 is 0 Å². The third-order valence-corrected chi connectivity index (χ3v) is 2.01. The molecule has 0 saturated carbocycles. The summed E-state index contributed by atoms with van der Waals surface area (Å²) in [5.41, 5.74) is 3.13. The fraction of sp³-hybridized carbons (Fsp3) is 0.333. The molecule has 0 N–H and O–H groups in total. The summed E-state index contributed by atoms with van der Waals surface area (Å²) in [4.78, 5) is 0. The van der Waals surface area contributed by atoms with E-state index in [1.807, 2.05) is 0 Å². The van der Waals surface area contributed by atoms with Gasteiger partial charge in [0.2, 0.25) is 0 Å². The quantitative estimate of drug-likeness (QED) is 0.640. The average molecular weight is 233 g/mol. The summed E-state index contributed by atoms with van der Waals surface area (Å²) in [6.45, 7) is 0. The molecule has 0 spiro atoms. The van der Waals surface area contributed by atoms with Gasteiger partial charge in [-0.05, 0) is 30.4 Å². The van der Waals surface area contributed by atoms with E-state index in [2.05, 4.69) is 24.3 Å². The van der Waals surface area contributed by atoms with Gasteiger partial charge < -0.3 is 0 Å². The van der Waals surface area contributed by atoms with Gasteiger partial charge in [-0.3, -0.25) is 0 Å². The molecule has 10 heavy (non-hydrogen) atoms. The second-order valence-corrected chi connectivity index (χ2v) is 2.62. The first-order chi connectivity index (χ1) is 4.47. The predicted molar refractivity (Wildman–Crippen MR) is 44.2 cm³/mol. The molecule has 0 fully saturated rings. The van der Waals surface area contributed by atoms with Crippen LogP contribution in [0.1, 0.15) is 17.5 Å². The van der Waals surface area contributed by atoms with Crippen molar-refractivity contribution in [1.82, 2.24) is 0 Å². The van der Waals surface area contributed by atoms with Crippen LogP contribution in [0.25, 0.3) is 0 Å². The Hall–Kier alpha value is 0.0901. The minimum Gasteiger partial charge on any atom is -0.0620 e. The normalized spacial score (nSPS) is 14.0. The van der Waals surface area contributed by atoms with Crippen molar-refractivity contribution in [2.24, 2.45) is 0 Å². The molecule has 1 aromatic rings. The van der Waals surface area contributed by atoms with E-state index >= 15 is 0 Å². The van der Waals surface area contributed by atoms with E-state index in [0.717, 1.165) is 0 Å². The van der Waals surface area contributed by atoms with Crippen molar-refractivity contribution in [3.63, 3.8) is 0 Å². The zero-order valence-electron chi connectivity index (χ0n) is 6.01. The van der Waals surface area contributed by atoms with Gasteiger partial charge in [-0.1, -0.05) is 24.3 Å². The zero-order valence-corrected chi connectivity index (χ0v) is 9.30. The Morgan fingerprint density at radius 2 is 1.40 bits per heavy atom. The van der Waals surface area contributed by atoms with Crippen LogP contribution in [0.4, 0.5) is 0 Å². The average Bonchev–Trinajstić information content (AvgIpc) is 2.33. The second-order valence-electron chi connectivity index (χ2n) is 2.62. The smallest absolute Gasteiger partial charge is 0 e. The third-order valence-electron chi connectivity index (χ3n) is 2.01. The fourth-order valence-corrected chi connectivity index (χ4v) is 1.51. The van der Waals surface area contributed by atoms with E-state index in [1.165, 1.54) is 19.3 Å². The molecule has 3 radical (unpaired) electrons. The summed E-state index contributed by atoms with van der Waals surface area (Å²) in [7, 11) is 0. The SMILES string of the molecule is [In].c1ccc2c(c1)CCC2. The number of benzene rings is 1. The number of fused-ring (bicyclic) bond motifs is 1. The van der Waals surface area contributed by atoms with Crippen molar-refractivity contribution in [2.45, 2.75) is 19.3 Å². The summed E-state index contributed by atoms with van der Waals surface area (Å²) in [5, 5.41) is 0. The van der Waals surface area contributed by atoms with Gasteiger partial charge in [0.1, 0.15) is 0 Å². The molecule has 0 aromatic heterocycles. The first kappa shape index (κ1) is 8.19. The molecule has 1 aromatic carbocycles. The van der Waals surface area contributed by atoms with E-state index < -0.39 is 0 Å². The van der Waals surface area contributed by atoms with Crippen molar-refractivity contribution >= 4 is 25.8 Å². The zero-order chi connectivity index (χ0) is 6.10. The molecule has 2 rings (SSSR count). The van der Waals surface area contributed by atoms with Crippen LogP contribution in [0.3, 0.4) is 0 Å². The van der Waals surface area contributed by atoms with Crippen LogP contribution >= 0.6 is 0 Å². The molecule has 1 aliphatic carbocycles. The monoisotopic (exact) mass is 233 g/mol. The van der Waals surface area contributed by atoms with Crippen molar-refractivity contribution in [2.75, 3.05) is 0 Å². The third kappa shape index (κ3) is 1.39. The fourth-order valence-electron chi connectivity index (χ4n) is 1.51. The van der Waals surface area contributed by atoms with E-state index in [9.17, 15) is 0 Å². The molecule has 0 aliphatic heterocycles. The van der Waals surface area contributed by atoms with Gasteiger partial charge in [0.15, 0.2) is 0 Å². The molecule has 0 unspecified atom stereocenters. The topological polar surface area (TPSA) is 0 Å². The first-order valence-corrected chi connectivity index (χ1v) is 3.53. The van der Waals surface area contributed by atoms with E-state index in [-0.39, 0.29) is 25.8 Å². The number of rotatable bonds is 0. The minimum atomic E-state index is 0. The van der Waals surface area contributed by atoms with E-state index in [1.54, 1.807) is 11.1 Å². The van der Waals surface area contributed by atoms with Crippen molar-refractivity contribution in [1.29, 1.82) is 0 Å². The number of hydrogen-bond donors (Lipinski definition) is 0. The Labute approximate surface area is 80.4 Å². The molecule has 49 valence electrons. The summed E-state index contributed by atoms with van der Waals surface area (Å²) in [5.74, 6) is 0. The predicted octanol–water partition coefficient (Wildman–Crippen LogP) is 1.79. The Balaban J connectivity index is 0.000000500. The van der Waals surface area contributed by atoms with Crippen molar-refractivity contribution in [3.05, 3.63) is 35.4 Å². The van der Waals surface area contributed by atoms with Crippen LogP contribution in [0.2, 0.25) is 0 Å². The number of aryl methyl sites for hydroxylation is 2. The molecular formula is C9H10In. The largest absolute Gasteiger partial charge is 0.0620 e. The Kier molecular flexibility index (Phi) is 2.84. The Bertz CT molecular complexity index is 195. The molecule has 0 atom stereocenters. The molecule has 1 aliphatic rings. The van der Waals surface area contributed by atoms with Crippen LogP contribution in [0, 0.1) is 0 Å². The second kappa shape index (κ2) is 3.47. The standard InChI is InChI=1S/C9H10.In/c1-2-5-9-7-3-6-8(9)4-1;/h1-2,4-5H,3,6-7H2;. The summed E-state index contributed by atoms with van der Waals surface area (Å²) >= 11 is 0. The van der Waals surface area contributed by atoms with Crippen molar-refractivity contribution in [3.8, 4) is 0 Å². The summed E-state index contributed by atoms with van der Waals surface area (Å²) in [6.07, 6.45) is 3.96. The molecule has 0 heterocycles. The van der Waals surface area contributed by atoms with Crippen molar-refractivity contribution < 1.29 is 0 Å². The maximum absolute atomic E-state index is 2.24. The molecule has 0 amide bonds. The van der Waals surface area contributed by atoms with Crippen LogP contribution in [-0.2, 0) is 12.8 Å². The Morgan fingerprint density at radius 1 is 0.900 bits per heavy atom. The van der Waals surface area contributed by atoms with Gasteiger partial charge in [0.05, 0.1) is 0 Å². The molecular weight excluding hydrogens is 223 g/mol. The maximum atomic E-state index is 2.24. The molecule has 1 heteroatoms. The van der Waals surface area contributed by atoms with Gasteiger partial charge in [-0.25, -0.2) is 0 Å². The van der Waals surface area contributed by atoms with E-state index in [0.29, 0.717) is 0 Å². The minimum absolute atomic E-state index is 0. The van der Waals surface area contributed by atoms with Gasteiger partial charge in [0, 0.05) is 25.8 Å². The summed E-state index contributed by atoms with van der Waals surface area (Å²) < 4.78 is 0. The molecule has 0 saturated heterocycles. The van der Waals surface area contributed by atoms with E-state index in [4.69, 9.17) is 0 Å². The molecule has 0 nitrogen and oxygen atoms in total. The molecule has 0 bridgehead atoms. The summed E-state index contributed by atoms with van der Waals surface area (Å²) in [6, 6.07) is 8.74. The van der Waals surface area contributed by atoms with Gasteiger partial charge in [-0.15, -0.1) is 0 Å². The van der Waals surface area contributed by atoms with Crippen LogP contribution in [0.5, 0.6) is 0 Å². The first-order valence-electron chi connectivity index (χ1n) is 3.53. The Morgan fingerprint density at radius 3 is 1.90 bits per heavy atom.